The van der Waals surface area contributed by atoms with Gasteiger partial charge in [0.1, 0.15) is 0 Å². The van der Waals surface area contributed by atoms with Crippen molar-refractivity contribution in [3.63, 3.8) is 0 Å². The van der Waals surface area contributed by atoms with Gasteiger partial charge in [-0.05, 0) is 31.6 Å². The first kappa shape index (κ1) is 12.5. The summed E-state index contributed by atoms with van der Waals surface area (Å²) in [5.41, 5.74) is 6.04. The summed E-state index contributed by atoms with van der Waals surface area (Å²) in [5, 5.41) is 0.782. The SMILES string of the molecule is Cc1ncc(S(=O)(=O)N2CC3CCC(N)C3C2)s1. The maximum atomic E-state index is 12.4. The molecule has 2 aliphatic rings. The molecule has 3 unspecified atom stereocenters. The fraction of sp³-hybridized carbons (Fsp3) is 0.727. The molecule has 3 atom stereocenters. The number of aryl methyl sites for hydroxylation is 1. The van der Waals surface area contributed by atoms with E-state index in [1.807, 2.05) is 6.92 Å². The molecule has 7 heteroatoms. The van der Waals surface area contributed by atoms with Crippen molar-refractivity contribution in [2.24, 2.45) is 17.6 Å². The quantitative estimate of drug-likeness (QED) is 0.873. The summed E-state index contributed by atoms with van der Waals surface area (Å²) < 4.78 is 26.8. The van der Waals surface area contributed by atoms with Gasteiger partial charge in [0.25, 0.3) is 10.0 Å². The lowest BCUT2D eigenvalue weighted by Gasteiger charge is -2.17. The van der Waals surface area contributed by atoms with Crippen LogP contribution in [-0.2, 0) is 10.0 Å². The summed E-state index contributed by atoms with van der Waals surface area (Å²) >= 11 is 1.24. The molecule has 2 fully saturated rings. The van der Waals surface area contributed by atoms with E-state index in [0.717, 1.165) is 17.8 Å². The standard InChI is InChI=1S/C11H17N3O2S2/c1-7-13-4-11(17-7)18(15,16)14-5-8-2-3-10(12)9(8)6-14/h4,8-10H,2-3,5-6,12H2,1H3. The van der Waals surface area contributed by atoms with E-state index in [1.165, 1.54) is 17.5 Å². The summed E-state index contributed by atoms with van der Waals surface area (Å²) in [5.74, 6) is 0.789. The first-order chi connectivity index (χ1) is 8.48. The number of fused-ring (bicyclic) bond motifs is 1. The minimum absolute atomic E-state index is 0.165. The highest BCUT2D eigenvalue weighted by Gasteiger charge is 2.45. The Morgan fingerprint density at radius 2 is 2.22 bits per heavy atom. The van der Waals surface area contributed by atoms with Crippen LogP contribution in [0.1, 0.15) is 17.8 Å². The van der Waals surface area contributed by atoms with E-state index >= 15 is 0 Å². The third kappa shape index (κ3) is 1.89. The second-order valence-corrected chi connectivity index (χ2v) is 8.59. The molecule has 18 heavy (non-hydrogen) atoms. The van der Waals surface area contributed by atoms with Crippen LogP contribution in [0.5, 0.6) is 0 Å². The highest BCUT2D eigenvalue weighted by Crippen LogP contribution is 2.39. The predicted octanol–water partition coefficient (Wildman–Crippen LogP) is 0.809. The van der Waals surface area contributed by atoms with Crippen molar-refractivity contribution in [1.82, 2.24) is 9.29 Å². The number of hydrogen-bond acceptors (Lipinski definition) is 5. The van der Waals surface area contributed by atoms with Gasteiger partial charge in [0.15, 0.2) is 4.21 Å². The molecule has 0 bridgehead atoms. The van der Waals surface area contributed by atoms with Gasteiger partial charge in [-0.2, -0.15) is 4.31 Å². The van der Waals surface area contributed by atoms with E-state index in [2.05, 4.69) is 4.98 Å². The molecule has 100 valence electrons. The highest BCUT2D eigenvalue weighted by molar-refractivity contribution is 7.91. The second kappa shape index (κ2) is 4.26. The van der Waals surface area contributed by atoms with Crippen LogP contribution < -0.4 is 5.73 Å². The number of nitrogens with zero attached hydrogens (tertiary/aromatic N) is 2. The van der Waals surface area contributed by atoms with Crippen LogP contribution >= 0.6 is 11.3 Å². The van der Waals surface area contributed by atoms with Crippen LogP contribution in [0.3, 0.4) is 0 Å². The van der Waals surface area contributed by atoms with Crippen LogP contribution in [-0.4, -0.2) is 36.8 Å². The molecule has 3 rings (SSSR count). The Hall–Kier alpha value is -0.500. The smallest absolute Gasteiger partial charge is 0.254 e. The first-order valence-corrected chi connectivity index (χ1v) is 8.42. The Bertz CT molecular complexity index is 554. The zero-order chi connectivity index (χ0) is 12.9. The van der Waals surface area contributed by atoms with Crippen LogP contribution in [0.15, 0.2) is 10.4 Å². The molecule has 5 nitrogen and oxygen atoms in total. The maximum Gasteiger partial charge on any atom is 0.254 e. The molecular formula is C11H17N3O2S2. The van der Waals surface area contributed by atoms with Crippen molar-refractivity contribution >= 4 is 21.4 Å². The topological polar surface area (TPSA) is 76.3 Å². The normalized spacial score (nSPS) is 32.9. The minimum Gasteiger partial charge on any atom is -0.327 e. The number of aromatic nitrogens is 1. The Labute approximate surface area is 111 Å². The number of nitrogens with two attached hydrogens (primary N) is 1. The Kier molecular flexibility index (Phi) is 2.97. The zero-order valence-corrected chi connectivity index (χ0v) is 11.9. The monoisotopic (exact) mass is 287 g/mol. The average molecular weight is 287 g/mol. The summed E-state index contributed by atoms with van der Waals surface area (Å²) in [6.45, 7) is 3.01. The van der Waals surface area contributed by atoms with Crippen molar-refractivity contribution < 1.29 is 8.42 Å². The van der Waals surface area contributed by atoms with Gasteiger partial charge in [0, 0.05) is 19.1 Å². The van der Waals surface area contributed by atoms with E-state index in [9.17, 15) is 8.42 Å². The molecule has 2 N–H and O–H groups in total. The molecule has 1 aliphatic heterocycles. The van der Waals surface area contributed by atoms with Gasteiger partial charge >= 0.3 is 0 Å². The lowest BCUT2D eigenvalue weighted by molar-refractivity contribution is 0.428. The van der Waals surface area contributed by atoms with E-state index < -0.39 is 10.0 Å². The summed E-state index contributed by atoms with van der Waals surface area (Å²) in [6, 6.07) is 0.165. The first-order valence-electron chi connectivity index (χ1n) is 6.16. The van der Waals surface area contributed by atoms with Crippen LogP contribution in [0, 0.1) is 18.8 Å². The van der Waals surface area contributed by atoms with E-state index in [4.69, 9.17) is 5.73 Å². The molecule has 1 aliphatic carbocycles. The van der Waals surface area contributed by atoms with Crippen LogP contribution in [0.4, 0.5) is 0 Å². The molecule has 1 saturated heterocycles. The largest absolute Gasteiger partial charge is 0.327 e. The molecule has 0 aromatic carbocycles. The molecule has 1 aromatic heterocycles. The zero-order valence-electron chi connectivity index (χ0n) is 10.2. The Morgan fingerprint density at radius 3 is 2.83 bits per heavy atom. The fourth-order valence-corrected chi connectivity index (χ4v) is 5.85. The van der Waals surface area contributed by atoms with E-state index in [1.54, 1.807) is 4.31 Å². The second-order valence-electron chi connectivity index (χ2n) is 5.19. The summed E-state index contributed by atoms with van der Waals surface area (Å²) in [7, 11) is -3.35. The van der Waals surface area contributed by atoms with Crippen LogP contribution in [0.25, 0.3) is 0 Å². The highest BCUT2D eigenvalue weighted by atomic mass is 32.2. The van der Waals surface area contributed by atoms with Gasteiger partial charge < -0.3 is 5.73 Å². The van der Waals surface area contributed by atoms with Gasteiger partial charge in [0.05, 0.1) is 11.2 Å². The minimum atomic E-state index is -3.35. The third-order valence-electron chi connectivity index (χ3n) is 4.07. The molecule has 2 heterocycles. The molecule has 0 spiro atoms. The number of sulfonamides is 1. The Balaban J connectivity index is 1.84. The van der Waals surface area contributed by atoms with Gasteiger partial charge in [0.2, 0.25) is 0 Å². The van der Waals surface area contributed by atoms with E-state index in [-0.39, 0.29) is 6.04 Å². The van der Waals surface area contributed by atoms with Crippen molar-refractivity contribution in [1.29, 1.82) is 0 Å². The molecule has 1 aromatic rings. The van der Waals surface area contributed by atoms with Crippen molar-refractivity contribution in [2.45, 2.75) is 30.0 Å². The summed E-state index contributed by atoms with van der Waals surface area (Å²) in [4.78, 5) is 4.03. The van der Waals surface area contributed by atoms with Crippen molar-refractivity contribution in [2.75, 3.05) is 13.1 Å². The van der Waals surface area contributed by atoms with Crippen molar-refractivity contribution in [3.8, 4) is 0 Å². The van der Waals surface area contributed by atoms with Gasteiger partial charge in [-0.3, -0.25) is 0 Å². The third-order valence-corrected chi connectivity index (χ3v) is 7.25. The van der Waals surface area contributed by atoms with Gasteiger partial charge in [-0.25, -0.2) is 13.4 Å². The maximum absolute atomic E-state index is 12.4. The van der Waals surface area contributed by atoms with Crippen molar-refractivity contribution in [3.05, 3.63) is 11.2 Å². The van der Waals surface area contributed by atoms with Crippen LogP contribution in [0.2, 0.25) is 0 Å². The van der Waals surface area contributed by atoms with Gasteiger partial charge in [-0.15, -0.1) is 11.3 Å². The molecule has 0 radical (unpaired) electrons. The lowest BCUT2D eigenvalue weighted by atomic mass is 9.98. The molecule has 1 saturated carbocycles. The number of thiazole rings is 1. The predicted molar refractivity (Wildman–Crippen MR) is 69.8 cm³/mol. The van der Waals surface area contributed by atoms with Gasteiger partial charge in [-0.1, -0.05) is 0 Å². The molecular weight excluding hydrogens is 270 g/mol. The molecule has 0 amide bonds. The summed E-state index contributed by atoms with van der Waals surface area (Å²) in [6.07, 6.45) is 3.55. The number of rotatable bonds is 2. The lowest BCUT2D eigenvalue weighted by Crippen LogP contribution is -2.33. The van der Waals surface area contributed by atoms with E-state index in [0.29, 0.717) is 29.1 Å². The Morgan fingerprint density at radius 1 is 1.44 bits per heavy atom. The average Bonchev–Trinajstić information content (AvgIpc) is 2.96. The fourth-order valence-electron chi connectivity index (χ4n) is 3.05. The number of hydrogen-bond donors (Lipinski definition) is 1.